The Bertz CT molecular complexity index is 124. The fraction of sp³-hybridized carbons (Fsp3) is 0.400. The number of carbonyl (C=O) groups is 1. The van der Waals surface area contributed by atoms with Crippen molar-refractivity contribution in [2.75, 3.05) is 12.3 Å². The Morgan fingerprint density at radius 2 is 2.62 bits per heavy atom. The molecule has 0 aromatic heterocycles. The van der Waals surface area contributed by atoms with E-state index in [1.54, 1.807) is 11.1 Å². The molecule has 1 amide bonds. The van der Waals surface area contributed by atoms with Crippen LogP contribution in [0.3, 0.4) is 0 Å². The first kappa shape index (κ1) is 5.69. The predicted molar refractivity (Wildman–Crippen MR) is 34.8 cm³/mol. The van der Waals surface area contributed by atoms with Crippen LogP contribution in [0.15, 0.2) is 12.8 Å². The van der Waals surface area contributed by atoms with Crippen molar-refractivity contribution in [1.29, 1.82) is 0 Å². The number of hydrogen-bond donors (Lipinski definition) is 0. The molecule has 2 nitrogen and oxygen atoms in total. The summed E-state index contributed by atoms with van der Waals surface area (Å²) in [6.45, 7) is 4.31. The number of hydrogen-bond acceptors (Lipinski definition) is 2. The van der Waals surface area contributed by atoms with Gasteiger partial charge in [-0.3, -0.25) is 4.79 Å². The van der Waals surface area contributed by atoms with Crippen LogP contribution in [-0.2, 0) is 0 Å². The molecule has 3 heteroatoms. The molecule has 0 radical (unpaired) electrons. The largest absolute Gasteiger partial charge is 0.310 e. The zero-order chi connectivity index (χ0) is 5.98. The molecule has 0 atom stereocenters. The summed E-state index contributed by atoms with van der Waals surface area (Å²) < 4.78 is 0. The van der Waals surface area contributed by atoms with E-state index in [1.165, 1.54) is 11.8 Å². The molecular formula is C5H7NOS. The van der Waals surface area contributed by atoms with Gasteiger partial charge in [0.1, 0.15) is 0 Å². The molecule has 44 valence electrons. The van der Waals surface area contributed by atoms with E-state index in [9.17, 15) is 4.79 Å². The van der Waals surface area contributed by atoms with E-state index in [4.69, 9.17) is 0 Å². The van der Waals surface area contributed by atoms with Crippen molar-refractivity contribution in [3.63, 3.8) is 0 Å². The Labute approximate surface area is 52.5 Å². The average molecular weight is 129 g/mol. The lowest BCUT2D eigenvalue weighted by molar-refractivity contribution is 0.244. The van der Waals surface area contributed by atoms with Crippen molar-refractivity contribution in [2.24, 2.45) is 0 Å². The van der Waals surface area contributed by atoms with Gasteiger partial charge in [0.2, 0.25) is 0 Å². The zero-order valence-electron chi connectivity index (χ0n) is 4.46. The molecule has 0 bridgehead atoms. The quantitative estimate of drug-likeness (QED) is 0.532. The molecule has 0 saturated carbocycles. The molecule has 0 aliphatic carbocycles. The van der Waals surface area contributed by atoms with Gasteiger partial charge in [-0.2, -0.15) is 0 Å². The Kier molecular flexibility index (Phi) is 1.58. The van der Waals surface area contributed by atoms with Gasteiger partial charge < -0.3 is 4.90 Å². The van der Waals surface area contributed by atoms with Crippen LogP contribution in [0.2, 0.25) is 0 Å². The van der Waals surface area contributed by atoms with Crippen LogP contribution in [0.4, 0.5) is 4.79 Å². The SMILES string of the molecule is C=CN1CCSC1=O. The van der Waals surface area contributed by atoms with Gasteiger partial charge in [0, 0.05) is 18.5 Å². The highest BCUT2D eigenvalue weighted by atomic mass is 32.2. The van der Waals surface area contributed by atoms with Crippen molar-refractivity contribution in [3.8, 4) is 0 Å². The van der Waals surface area contributed by atoms with E-state index >= 15 is 0 Å². The Balaban J connectivity index is 2.54. The zero-order valence-corrected chi connectivity index (χ0v) is 5.28. The number of thioether (sulfide) groups is 1. The molecule has 1 rings (SSSR count). The van der Waals surface area contributed by atoms with Crippen LogP contribution in [0, 0.1) is 0 Å². The van der Waals surface area contributed by atoms with E-state index in [2.05, 4.69) is 6.58 Å². The maximum Gasteiger partial charge on any atom is 0.285 e. The molecule has 0 spiro atoms. The summed E-state index contributed by atoms with van der Waals surface area (Å²) in [5.41, 5.74) is 0. The monoisotopic (exact) mass is 129 g/mol. The van der Waals surface area contributed by atoms with E-state index in [0.29, 0.717) is 0 Å². The van der Waals surface area contributed by atoms with E-state index < -0.39 is 0 Å². The highest BCUT2D eigenvalue weighted by molar-refractivity contribution is 8.13. The first-order valence-corrected chi connectivity index (χ1v) is 3.39. The maximum absolute atomic E-state index is 10.6. The Morgan fingerprint density at radius 3 is 2.88 bits per heavy atom. The highest BCUT2D eigenvalue weighted by Gasteiger charge is 2.17. The van der Waals surface area contributed by atoms with Gasteiger partial charge in [-0.25, -0.2) is 0 Å². The Morgan fingerprint density at radius 1 is 1.88 bits per heavy atom. The third-order valence-corrected chi connectivity index (χ3v) is 1.88. The summed E-state index contributed by atoms with van der Waals surface area (Å²) in [4.78, 5) is 12.2. The molecule has 0 aromatic carbocycles. The van der Waals surface area contributed by atoms with Crippen LogP contribution in [0.5, 0.6) is 0 Å². The second-order valence-electron chi connectivity index (χ2n) is 1.49. The summed E-state index contributed by atoms with van der Waals surface area (Å²) in [6.07, 6.45) is 1.57. The predicted octanol–water partition coefficient (Wildman–Crippen LogP) is 1.30. The minimum absolute atomic E-state index is 0.125. The fourth-order valence-electron chi connectivity index (χ4n) is 0.571. The molecule has 1 aliphatic heterocycles. The topological polar surface area (TPSA) is 20.3 Å². The Hall–Kier alpha value is -0.440. The molecule has 0 N–H and O–H groups in total. The highest BCUT2D eigenvalue weighted by Crippen LogP contribution is 2.16. The normalized spacial score (nSPS) is 19.5. The third kappa shape index (κ3) is 0.865. The summed E-state index contributed by atoms with van der Waals surface area (Å²) >= 11 is 1.35. The minimum atomic E-state index is 0.125. The van der Waals surface area contributed by atoms with Gasteiger partial charge in [-0.15, -0.1) is 0 Å². The second kappa shape index (κ2) is 2.22. The van der Waals surface area contributed by atoms with E-state index in [-0.39, 0.29) is 5.24 Å². The van der Waals surface area contributed by atoms with Crippen LogP contribution >= 0.6 is 11.8 Å². The molecule has 0 unspecified atom stereocenters. The maximum atomic E-state index is 10.6. The lowest BCUT2D eigenvalue weighted by Crippen LogP contribution is -2.14. The van der Waals surface area contributed by atoms with Gasteiger partial charge in [0.15, 0.2) is 0 Å². The lowest BCUT2D eigenvalue weighted by atomic mass is 10.6. The lowest BCUT2D eigenvalue weighted by Gasteiger charge is -2.03. The van der Waals surface area contributed by atoms with Crippen molar-refractivity contribution in [1.82, 2.24) is 4.90 Å². The van der Waals surface area contributed by atoms with E-state index in [1.807, 2.05) is 0 Å². The fourth-order valence-corrected chi connectivity index (χ4v) is 1.37. The van der Waals surface area contributed by atoms with Gasteiger partial charge in [-0.1, -0.05) is 18.3 Å². The van der Waals surface area contributed by atoms with Crippen LogP contribution < -0.4 is 0 Å². The third-order valence-electron chi connectivity index (χ3n) is 1.01. The molecular weight excluding hydrogens is 122 g/mol. The van der Waals surface area contributed by atoms with Gasteiger partial charge in [0.05, 0.1) is 0 Å². The number of nitrogens with zero attached hydrogens (tertiary/aromatic N) is 1. The average Bonchev–Trinajstić information content (AvgIpc) is 2.14. The van der Waals surface area contributed by atoms with Gasteiger partial charge in [0.25, 0.3) is 5.24 Å². The van der Waals surface area contributed by atoms with Crippen molar-refractivity contribution < 1.29 is 4.79 Å². The van der Waals surface area contributed by atoms with Crippen LogP contribution in [-0.4, -0.2) is 22.4 Å². The molecule has 8 heavy (non-hydrogen) atoms. The molecule has 1 aliphatic rings. The molecule has 1 heterocycles. The number of rotatable bonds is 1. The first-order valence-electron chi connectivity index (χ1n) is 2.40. The van der Waals surface area contributed by atoms with Crippen LogP contribution in [0.25, 0.3) is 0 Å². The standard InChI is InChI=1S/C5H7NOS/c1-2-6-3-4-8-5(6)7/h2H,1,3-4H2. The molecule has 1 saturated heterocycles. The van der Waals surface area contributed by atoms with Crippen molar-refractivity contribution in [3.05, 3.63) is 12.8 Å². The van der Waals surface area contributed by atoms with Crippen molar-refractivity contribution in [2.45, 2.75) is 0 Å². The van der Waals surface area contributed by atoms with Gasteiger partial charge >= 0.3 is 0 Å². The summed E-state index contributed by atoms with van der Waals surface area (Å²) in [5, 5.41) is 0.125. The smallest absolute Gasteiger partial charge is 0.285 e. The minimum Gasteiger partial charge on any atom is -0.310 e. The van der Waals surface area contributed by atoms with Gasteiger partial charge in [-0.05, 0) is 0 Å². The second-order valence-corrected chi connectivity index (χ2v) is 2.54. The number of amides is 1. The van der Waals surface area contributed by atoms with E-state index in [0.717, 1.165) is 12.3 Å². The molecule has 1 fully saturated rings. The number of carbonyl (C=O) groups excluding carboxylic acids is 1. The molecule has 0 aromatic rings. The first-order chi connectivity index (χ1) is 3.84. The van der Waals surface area contributed by atoms with Crippen LogP contribution in [0.1, 0.15) is 0 Å². The summed E-state index contributed by atoms with van der Waals surface area (Å²) in [5.74, 6) is 0.908. The summed E-state index contributed by atoms with van der Waals surface area (Å²) in [6, 6.07) is 0. The summed E-state index contributed by atoms with van der Waals surface area (Å²) in [7, 11) is 0. The van der Waals surface area contributed by atoms with Crippen molar-refractivity contribution >= 4 is 17.0 Å².